The van der Waals surface area contributed by atoms with Gasteiger partial charge in [0.2, 0.25) is 0 Å². The highest BCUT2D eigenvalue weighted by atomic mass is 19.1. The molecule has 138 valence electrons. The van der Waals surface area contributed by atoms with E-state index in [9.17, 15) is 9.18 Å². The van der Waals surface area contributed by atoms with E-state index in [2.05, 4.69) is 4.90 Å². The van der Waals surface area contributed by atoms with Crippen LogP contribution in [0.25, 0.3) is 0 Å². The highest BCUT2D eigenvalue weighted by molar-refractivity contribution is 6.27. The standard InChI is InChI=1S/C15H20FNO2.C2H2O4/c1-2-19-15(18)13-7-9-17(10-8-13)11-12-3-5-14(16)6-4-12;3-1(4)2(5)6/h3-6,13H,2,7-11H2,1H3;(H,3,4)(H,5,6). The van der Waals surface area contributed by atoms with Crippen molar-refractivity contribution in [3.05, 3.63) is 35.6 Å². The minimum Gasteiger partial charge on any atom is -0.473 e. The summed E-state index contributed by atoms with van der Waals surface area (Å²) in [7, 11) is 0. The second-order valence-electron chi connectivity index (χ2n) is 5.54. The highest BCUT2D eigenvalue weighted by Crippen LogP contribution is 2.20. The zero-order chi connectivity index (χ0) is 18.8. The molecule has 0 atom stereocenters. The summed E-state index contributed by atoms with van der Waals surface area (Å²) in [5.74, 6) is -3.87. The third-order valence-electron chi connectivity index (χ3n) is 3.71. The van der Waals surface area contributed by atoms with Crippen LogP contribution in [0.3, 0.4) is 0 Å². The van der Waals surface area contributed by atoms with Gasteiger partial charge in [0.25, 0.3) is 0 Å². The number of carbonyl (C=O) groups is 3. The van der Waals surface area contributed by atoms with Crippen LogP contribution in [0.15, 0.2) is 24.3 Å². The molecule has 0 amide bonds. The summed E-state index contributed by atoms with van der Waals surface area (Å²) in [4.78, 5) is 32.1. The Labute approximate surface area is 145 Å². The van der Waals surface area contributed by atoms with Gasteiger partial charge in [0, 0.05) is 6.54 Å². The number of rotatable bonds is 4. The number of carboxylic acids is 2. The Morgan fingerprint density at radius 2 is 1.64 bits per heavy atom. The molecular weight excluding hydrogens is 333 g/mol. The quantitative estimate of drug-likeness (QED) is 0.626. The van der Waals surface area contributed by atoms with Crippen LogP contribution in [0.5, 0.6) is 0 Å². The van der Waals surface area contributed by atoms with E-state index in [1.54, 1.807) is 0 Å². The van der Waals surface area contributed by atoms with Crippen molar-refractivity contribution in [2.24, 2.45) is 5.92 Å². The fourth-order valence-corrected chi connectivity index (χ4v) is 2.43. The van der Waals surface area contributed by atoms with Gasteiger partial charge in [-0.1, -0.05) is 12.1 Å². The molecule has 0 spiro atoms. The number of carbonyl (C=O) groups excluding carboxylic acids is 1. The first-order chi connectivity index (χ1) is 11.8. The minimum atomic E-state index is -1.82. The van der Waals surface area contributed by atoms with Crippen LogP contribution in [0.1, 0.15) is 25.3 Å². The van der Waals surface area contributed by atoms with E-state index in [1.165, 1.54) is 12.1 Å². The fourth-order valence-electron chi connectivity index (χ4n) is 2.43. The van der Waals surface area contributed by atoms with Gasteiger partial charge in [0.15, 0.2) is 0 Å². The number of halogens is 1. The van der Waals surface area contributed by atoms with E-state index < -0.39 is 11.9 Å². The van der Waals surface area contributed by atoms with Gasteiger partial charge < -0.3 is 14.9 Å². The molecule has 1 saturated heterocycles. The van der Waals surface area contributed by atoms with Crippen molar-refractivity contribution in [2.75, 3.05) is 19.7 Å². The summed E-state index contributed by atoms with van der Waals surface area (Å²) in [6, 6.07) is 6.60. The molecule has 2 N–H and O–H groups in total. The van der Waals surface area contributed by atoms with E-state index in [0.29, 0.717) is 6.61 Å². The van der Waals surface area contributed by atoms with Crippen LogP contribution in [0, 0.1) is 11.7 Å². The van der Waals surface area contributed by atoms with Gasteiger partial charge in [-0.2, -0.15) is 0 Å². The van der Waals surface area contributed by atoms with Crippen LogP contribution in [-0.2, 0) is 25.7 Å². The van der Waals surface area contributed by atoms with E-state index in [4.69, 9.17) is 24.5 Å². The molecule has 1 aliphatic heterocycles. The maximum absolute atomic E-state index is 12.8. The van der Waals surface area contributed by atoms with Gasteiger partial charge >= 0.3 is 17.9 Å². The van der Waals surface area contributed by atoms with Crippen molar-refractivity contribution in [3.8, 4) is 0 Å². The van der Waals surface area contributed by atoms with Crippen molar-refractivity contribution in [1.82, 2.24) is 4.90 Å². The van der Waals surface area contributed by atoms with Crippen molar-refractivity contribution in [3.63, 3.8) is 0 Å². The van der Waals surface area contributed by atoms with Crippen molar-refractivity contribution < 1.29 is 33.7 Å². The second kappa shape index (κ2) is 10.4. The van der Waals surface area contributed by atoms with Crippen LogP contribution in [0.4, 0.5) is 4.39 Å². The van der Waals surface area contributed by atoms with Crippen LogP contribution < -0.4 is 0 Å². The lowest BCUT2D eigenvalue weighted by atomic mass is 9.96. The predicted octanol–water partition coefficient (Wildman–Crippen LogP) is 1.76. The molecule has 0 aliphatic carbocycles. The first kappa shape index (κ1) is 20.6. The van der Waals surface area contributed by atoms with Gasteiger partial charge in [-0.15, -0.1) is 0 Å². The SMILES string of the molecule is CCOC(=O)C1CCN(Cc2ccc(F)cc2)CC1.O=C(O)C(=O)O. The predicted molar refractivity (Wildman–Crippen MR) is 86.3 cm³/mol. The van der Waals surface area contributed by atoms with Crippen molar-refractivity contribution >= 4 is 17.9 Å². The van der Waals surface area contributed by atoms with E-state index in [0.717, 1.165) is 38.0 Å². The number of likely N-dealkylation sites (tertiary alicyclic amines) is 1. The Balaban J connectivity index is 0.000000450. The monoisotopic (exact) mass is 355 g/mol. The molecule has 7 nitrogen and oxygen atoms in total. The maximum atomic E-state index is 12.8. The molecule has 0 bridgehead atoms. The van der Waals surface area contributed by atoms with E-state index in [-0.39, 0.29) is 17.7 Å². The zero-order valence-corrected chi connectivity index (χ0v) is 14.0. The van der Waals surface area contributed by atoms with Gasteiger partial charge in [0.05, 0.1) is 12.5 Å². The molecule has 1 aromatic carbocycles. The Hall–Kier alpha value is -2.48. The third-order valence-corrected chi connectivity index (χ3v) is 3.71. The number of benzene rings is 1. The first-order valence-electron chi connectivity index (χ1n) is 7.93. The normalized spacial score (nSPS) is 15.0. The molecule has 1 heterocycles. The smallest absolute Gasteiger partial charge is 0.414 e. The summed E-state index contributed by atoms with van der Waals surface area (Å²) in [5, 5.41) is 14.8. The Morgan fingerprint density at radius 1 is 1.12 bits per heavy atom. The third kappa shape index (κ3) is 7.75. The molecule has 2 rings (SSSR count). The summed E-state index contributed by atoms with van der Waals surface area (Å²) in [6.45, 7) is 4.88. The molecule has 1 fully saturated rings. The second-order valence-corrected chi connectivity index (χ2v) is 5.54. The highest BCUT2D eigenvalue weighted by Gasteiger charge is 2.25. The van der Waals surface area contributed by atoms with E-state index in [1.807, 2.05) is 19.1 Å². The Morgan fingerprint density at radius 3 is 2.08 bits per heavy atom. The van der Waals surface area contributed by atoms with Gasteiger partial charge in [-0.05, 0) is 50.6 Å². The fraction of sp³-hybridized carbons (Fsp3) is 0.471. The average Bonchev–Trinajstić information content (AvgIpc) is 2.58. The molecule has 8 heteroatoms. The van der Waals surface area contributed by atoms with Crippen LogP contribution >= 0.6 is 0 Å². The number of aliphatic carboxylic acids is 2. The number of piperidine rings is 1. The summed E-state index contributed by atoms with van der Waals surface area (Å²) in [5.41, 5.74) is 1.11. The number of ether oxygens (including phenoxy) is 1. The zero-order valence-electron chi connectivity index (χ0n) is 14.0. The minimum absolute atomic E-state index is 0.0458. The average molecular weight is 355 g/mol. The molecular formula is C17H22FNO6. The summed E-state index contributed by atoms with van der Waals surface area (Å²) in [6.07, 6.45) is 1.69. The van der Waals surface area contributed by atoms with E-state index >= 15 is 0 Å². The first-order valence-corrected chi connectivity index (χ1v) is 7.93. The molecule has 0 aromatic heterocycles. The number of esters is 1. The van der Waals surface area contributed by atoms with Crippen molar-refractivity contribution in [1.29, 1.82) is 0 Å². The molecule has 0 radical (unpaired) electrons. The van der Waals surface area contributed by atoms with Crippen molar-refractivity contribution in [2.45, 2.75) is 26.3 Å². The lowest BCUT2D eigenvalue weighted by Gasteiger charge is -2.30. The maximum Gasteiger partial charge on any atom is 0.414 e. The van der Waals surface area contributed by atoms with Gasteiger partial charge in [0.1, 0.15) is 5.82 Å². The molecule has 1 aliphatic rings. The summed E-state index contributed by atoms with van der Waals surface area (Å²) < 4.78 is 17.9. The van der Waals surface area contributed by atoms with Crippen LogP contribution in [-0.4, -0.2) is 52.7 Å². The Kier molecular flexibility index (Phi) is 8.55. The largest absolute Gasteiger partial charge is 0.473 e. The molecule has 25 heavy (non-hydrogen) atoms. The Bertz CT molecular complexity index is 569. The number of nitrogens with zero attached hydrogens (tertiary/aromatic N) is 1. The van der Waals surface area contributed by atoms with Gasteiger partial charge in [-0.25, -0.2) is 14.0 Å². The number of hydrogen-bond acceptors (Lipinski definition) is 5. The number of carboxylic acid groups (broad SMARTS) is 2. The lowest BCUT2D eigenvalue weighted by Crippen LogP contribution is -2.36. The molecule has 0 unspecified atom stereocenters. The topological polar surface area (TPSA) is 104 Å². The summed E-state index contributed by atoms with van der Waals surface area (Å²) >= 11 is 0. The molecule has 0 saturated carbocycles. The lowest BCUT2D eigenvalue weighted by molar-refractivity contribution is -0.159. The molecule has 1 aromatic rings. The number of hydrogen-bond donors (Lipinski definition) is 2. The van der Waals surface area contributed by atoms with Gasteiger partial charge in [-0.3, -0.25) is 9.69 Å². The van der Waals surface area contributed by atoms with Crippen LogP contribution in [0.2, 0.25) is 0 Å².